The Bertz CT molecular complexity index is 722. The largest absolute Gasteiger partial charge is 0.391 e. The summed E-state index contributed by atoms with van der Waals surface area (Å²) in [7, 11) is 0. The standard InChI is InChI=1S/C19H25N5O/c25-17-7-11-24(14-17)18-5-8-20-19(22-18)21-9-12-23-10-6-15-3-1-2-4-16(15)13-23/h1-5,8,17,25H,6-7,9-14H2,(H,20,21,22). The molecular formula is C19H25N5O. The highest BCUT2D eigenvalue weighted by Crippen LogP contribution is 2.19. The van der Waals surface area contributed by atoms with E-state index in [1.54, 1.807) is 6.20 Å². The minimum absolute atomic E-state index is 0.242. The van der Waals surface area contributed by atoms with Crippen molar-refractivity contribution in [3.8, 4) is 0 Å². The average Bonchev–Trinajstić information content (AvgIpc) is 3.08. The monoisotopic (exact) mass is 339 g/mol. The molecule has 1 aromatic carbocycles. The predicted molar refractivity (Wildman–Crippen MR) is 98.8 cm³/mol. The van der Waals surface area contributed by atoms with Crippen LogP contribution in [0.3, 0.4) is 0 Å². The summed E-state index contributed by atoms with van der Waals surface area (Å²) >= 11 is 0. The molecular weight excluding hydrogens is 314 g/mol. The van der Waals surface area contributed by atoms with E-state index in [1.165, 1.54) is 11.1 Å². The molecule has 4 rings (SSSR count). The molecule has 1 saturated heterocycles. The van der Waals surface area contributed by atoms with Crippen molar-refractivity contribution in [2.24, 2.45) is 0 Å². The quantitative estimate of drug-likeness (QED) is 0.861. The number of anilines is 2. The van der Waals surface area contributed by atoms with Crippen LogP contribution in [0.5, 0.6) is 0 Å². The van der Waals surface area contributed by atoms with Crippen molar-refractivity contribution in [1.29, 1.82) is 0 Å². The van der Waals surface area contributed by atoms with Gasteiger partial charge in [0.2, 0.25) is 5.95 Å². The number of aliphatic hydroxyl groups is 1. The summed E-state index contributed by atoms with van der Waals surface area (Å²) in [5.41, 5.74) is 2.93. The SMILES string of the molecule is OC1CCN(c2ccnc(NCCN3CCc4ccccc4C3)n2)C1. The Kier molecular flexibility index (Phi) is 4.81. The number of β-amino-alcohol motifs (C(OH)–C–C–N with tert-alkyl or cyclic N) is 1. The van der Waals surface area contributed by atoms with Gasteiger partial charge in [-0.25, -0.2) is 4.98 Å². The third-order valence-corrected chi connectivity index (χ3v) is 5.05. The molecule has 1 aromatic heterocycles. The second-order valence-electron chi connectivity index (χ2n) is 6.85. The van der Waals surface area contributed by atoms with Gasteiger partial charge in [0.15, 0.2) is 0 Å². The highest BCUT2D eigenvalue weighted by Gasteiger charge is 2.21. The second-order valence-corrected chi connectivity index (χ2v) is 6.85. The van der Waals surface area contributed by atoms with E-state index in [0.29, 0.717) is 12.5 Å². The first-order chi connectivity index (χ1) is 12.3. The third-order valence-electron chi connectivity index (χ3n) is 5.05. The Morgan fingerprint density at radius 3 is 2.88 bits per heavy atom. The number of nitrogens with one attached hydrogen (secondary N) is 1. The van der Waals surface area contributed by atoms with Gasteiger partial charge in [0.05, 0.1) is 6.10 Å². The maximum atomic E-state index is 9.68. The van der Waals surface area contributed by atoms with E-state index < -0.39 is 0 Å². The Morgan fingerprint density at radius 1 is 1.16 bits per heavy atom. The smallest absolute Gasteiger partial charge is 0.224 e. The van der Waals surface area contributed by atoms with E-state index in [1.807, 2.05) is 6.07 Å². The van der Waals surface area contributed by atoms with Crippen molar-refractivity contribution in [2.45, 2.75) is 25.5 Å². The van der Waals surface area contributed by atoms with Crippen LogP contribution in [0.1, 0.15) is 17.5 Å². The van der Waals surface area contributed by atoms with Crippen LogP contribution in [0.2, 0.25) is 0 Å². The zero-order valence-electron chi connectivity index (χ0n) is 14.4. The Morgan fingerprint density at radius 2 is 2.04 bits per heavy atom. The first kappa shape index (κ1) is 16.3. The van der Waals surface area contributed by atoms with Crippen LogP contribution in [0.4, 0.5) is 11.8 Å². The lowest BCUT2D eigenvalue weighted by molar-refractivity contribution is 0.198. The number of hydrogen-bond donors (Lipinski definition) is 2. The molecule has 1 atom stereocenters. The zero-order chi connectivity index (χ0) is 17.1. The van der Waals surface area contributed by atoms with E-state index in [2.05, 4.69) is 49.4 Å². The summed E-state index contributed by atoms with van der Waals surface area (Å²) in [6, 6.07) is 10.6. The maximum absolute atomic E-state index is 9.68. The van der Waals surface area contributed by atoms with Gasteiger partial charge in [0.1, 0.15) is 5.82 Å². The first-order valence-electron chi connectivity index (χ1n) is 9.07. The molecule has 0 spiro atoms. The topological polar surface area (TPSA) is 64.5 Å². The van der Waals surface area contributed by atoms with E-state index in [9.17, 15) is 5.11 Å². The summed E-state index contributed by atoms with van der Waals surface area (Å²) < 4.78 is 0. The summed E-state index contributed by atoms with van der Waals surface area (Å²) in [6.07, 6.45) is 3.48. The molecule has 1 unspecified atom stereocenters. The molecule has 0 saturated carbocycles. The van der Waals surface area contributed by atoms with Crippen LogP contribution in [-0.4, -0.2) is 58.8 Å². The molecule has 0 aliphatic carbocycles. The van der Waals surface area contributed by atoms with Crippen molar-refractivity contribution in [1.82, 2.24) is 14.9 Å². The molecule has 6 heteroatoms. The van der Waals surface area contributed by atoms with Crippen molar-refractivity contribution in [3.05, 3.63) is 47.7 Å². The van der Waals surface area contributed by atoms with Gasteiger partial charge < -0.3 is 15.3 Å². The van der Waals surface area contributed by atoms with Gasteiger partial charge in [-0.1, -0.05) is 24.3 Å². The van der Waals surface area contributed by atoms with Gasteiger partial charge in [0.25, 0.3) is 0 Å². The molecule has 25 heavy (non-hydrogen) atoms. The van der Waals surface area contributed by atoms with Crippen LogP contribution < -0.4 is 10.2 Å². The van der Waals surface area contributed by atoms with Crippen molar-refractivity contribution >= 4 is 11.8 Å². The van der Waals surface area contributed by atoms with E-state index >= 15 is 0 Å². The molecule has 0 amide bonds. The summed E-state index contributed by atoms with van der Waals surface area (Å²) in [5, 5.41) is 13.0. The molecule has 0 bridgehead atoms. The molecule has 6 nitrogen and oxygen atoms in total. The van der Waals surface area contributed by atoms with Crippen LogP contribution in [0.25, 0.3) is 0 Å². The number of aromatic nitrogens is 2. The fourth-order valence-corrected chi connectivity index (χ4v) is 3.63. The van der Waals surface area contributed by atoms with Crippen molar-refractivity contribution in [2.75, 3.05) is 42.9 Å². The minimum atomic E-state index is -0.242. The number of aliphatic hydroxyl groups excluding tert-OH is 1. The number of rotatable bonds is 5. The van der Waals surface area contributed by atoms with Gasteiger partial charge in [-0.3, -0.25) is 4.90 Å². The minimum Gasteiger partial charge on any atom is -0.391 e. The van der Waals surface area contributed by atoms with E-state index in [-0.39, 0.29) is 6.10 Å². The average molecular weight is 339 g/mol. The van der Waals surface area contributed by atoms with Gasteiger partial charge in [0, 0.05) is 45.5 Å². The van der Waals surface area contributed by atoms with Crippen molar-refractivity contribution < 1.29 is 5.11 Å². The Labute approximate surface area is 148 Å². The molecule has 2 aromatic rings. The normalized spacial score (nSPS) is 20.5. The number of hydrogen-bond acceptors (Lipinski definition) is 6. The van der Waals surface area contributed by atoms with Crippen LogP contribution >= 0.6 is 0 Å². The maximum Gasteiger partial charge on any atom is 0.224 e. The van der Waals surface area contributed by atoms with Crippen LogP contribution in [0, 0.1) is 0 Å². The molecule has 3 heterocycles. The highest BCUT2D eigenvalue weighted by atomic mass is 16.3. The number of fused-ring (bicyclic) bond motifs is 1. The number of benzene rings is 1. The van der Waals surface area contributed by atoms with Crippen LogP contribution in [-0.2, 0) is 13.0 Å². The van der Waals surface area contributed by atoms with Gasteiger partial charge in [-0.05, 0) is 30.0 Å². The lowest BCUT2D eigenvalue weighted by atomic mass is 10.00. The Balaban J connectivity index is 1.29. The van der Waals surface area contributed by atoms with Gasteiger partial charge in [-0.15, -0.1) is 0 Å². The fourth-order valence-electron chi connectivity index (χ4n) is 3.63. The lowest BCUT2D eigenvalue weighted by Gasteiger charge is -2.28. The molecule has 2 N–H and O–H groups in total. The predicted octanol–water partition coefficient (Wildman–Crippen LogP) is 1.52. The molecule has 2 aliphatic heterocycles. The summed E-state index contributed by atoms with van der Waals surface area (Å²) in [4.78, 5) is 13.5. The summed E-state index contributed by atoms with van der Waals surface area (Å²) in [6.45, 7) is 5.43. The summed E-state index contributed by atoms with van der Waals surface area (Å²) in [5.74, 6) is 1.55. The fraction of sp³-hybridized carbons (Fsp3) is 0.474. The van der Waals surface area contributed by atoms with Gasteiger partial charge in [-0.2, -0.15) is 4.98 Å². The molecule has 1 fully saturated rings. The van der Waals surface area contributed by atoms with Gasteiger partial charge >= 0.3 is 0 Å². The van der Waals surface area contributed by atoms with E-state index in [0.717, 1.165) is 51.4 Å². The van der Waals surface area contributed by atoms with Crippen LogP contribution in [0.15, 0.2) is 36.5 Å². The third kappa shape index (κ3) is 3.91. The molecule has 132 valence electrons. The molecule has 0 radical (unpaired) electrons. The zero-order valence-corrected chi connectivity index (χ0v) is 14.4. The highest BCUT2D eigenvalue weighted by molar-refractivity contribution is 5.43. The van der Waals surface area contributed by atoms with E-state index in [4.69, 9.17) is 0 Å². The second kappa shape index (κ2) is 7.37. The lowest BCUT2D eigenvalue weighted by Crippen LogP contribution is -2.34. The molecule has 2 aliphatic rings. The van der Waals surface area contributed by atoms with Crippen molar-refractivity contribution in [3.63, 3.8) is 0 Å². The first-order valence-corrected chi connectivity index (χ1v) is 9.07. The Hall–Kier alpha value is -2.18. The number of nitrogens with zero attached hydrogens (tertiary/aromatic N) is 4.